The van der Waals surface area contributed by atoms with E-state index in [9.17, 15) is 0 Å². The highest BCUT2D eigenvalue weighted by Gasteiger charge is 2.18. The van der Waals surface area contributed by atoms with Gasteiger partial charge in [0, 0.05) is 17.3 Å². The number of thiazole rings is 1. The van der Waals surface area contributed by atoms with E-state index in [0.717, 1.165) is 12.3 Å². The number of nitrogens with zero attached hydrogens (tertiary/aromatic N) is 1. The highest BCUT2D eigenvalue weighted by atomic mass is 32.2. The SMILES string of the molecule is Cc1nc(CC(N)CC2CCSCC2)sc1C. The van der Waals surface area contributed by atoms with Crippen molar-refractivity contribution >= 4 is 23.1 Å². The Balaban J connectivity index is 1.81. The first-order valence-electron chi connectivity index (χ1n) is 6.41. The van der Waals surface area contributed by atoms with Gasteiger partial charge >= 0.3 is 0 Å². The highest BCUT2D eigenvalue weighted by Crippen LogP contribution is 2.27. The van der Waals surface area contributed by atoms with Gasteiger partial charge in [-0.15, -0.1) is 11.3 Å². The molecular formula is C13H22N2S2. The lowest BCUT2D eigenvalue weighted by molar-refractivity contribution is 0.405. The molecule has 96 valence electrons. The molecule has 0 radical (unpaired) electrons. The second-order valence-electron chi connectivity index (χ2n) is 5.00. The van der Waals surface area contributed by atoms with Crippen molar-refractivity contribution in [3.05, 3.63) is 15.6 Å². The molecule has 2 heterocycles. The van der Waals surface area contributed by atoms with E-state index in [1.807, 2.05) is 11.3 Å². The minimum atomic E-state index is 0.299. The standard InChI is InChI=1S/C13H22N2S2/c1-9-10(2)17-13(15-9)8-12(14)7-11-3-5-16-6-4-11/h11-12H,3-8,14H2,1-2H3. The van der Waals surface area contributed by atoms with E-state index in [1.165, 1.54) is 46.3 Å². The van der Waals surface area contributed by atoms with Gasteiger partial charge in [0.05, 0.1) is 10.7 Å². The first-order valence-corrected chi connectivity index (χ1v) is 8.38. The molecule has 0 aliphatic carbocycles. The maximum Gasteiger partial charge on any atom is 0.0946 e. The summed E-state index contributed by atoms with van der Waals surface area (Å²) in [7, 11) is 0. The first-order chi connectivity index (χ1) is 8.15. The van der Waals surface area contributed by atoms with Gasteiger partial charge in [0.1, 0.15) is 0 Å². The Kier molecular flexibility index (Phi) is 4.88. The van der Waals surface area contributed by atoms with Crippen LogP contribution in [0.2, 0.25) is 0 Å². The molecule has 4 heteroatoms. The molecule has 1 fully saturated rings. The molecule has 1 aromatic rings. The minimum absolute atomic E-state index is 0.299. The number of aromatic nitrogens is 1. The maximum absolute atomic E-state index is 6.26. The van der Waals surface area contributed by atoms with Crippen LogP contribution in [0.3, 0.4) is 0 Å². The fourth-order valence-electron chi connectivity index (χ4n) is 2.34. The lowest BCUT2D eigenvalue weighted by Gasteiger charge is -2.23. The molecule has 0 bridgehead atoms. The van der Waals surface area contributed by atoms with Gasteiger partial charge < -0.3 is 5.73 Å². The van der Waals surface area contributed by atoms with E-state index in [-0.39, 0.29) is 0 Å². The molecule has 17 heavy (non-hydrogen) atoms. The minimum Gasteiger partial charge on any atom is -0.327 e. The molecule has 1 aromatic heterocycles. The summed E-state index contributed by atoms with van der Waals surface area (Å²) in [6.45, 7) is 4.22. The van der Waals surface area contributed by atoms with Crippen molar-refractivity contribution in [1.82, 2.24) is 4.98 Å². The third kappa shape index (κ3) is 3.97. The molecule has 2 nitrogen and oxygen atoms in total. The number of hydrogen-bond acceptors (Lipinski definition) is 4. The van der Waals surface area contributed by atoms with Crippen molar-refractivity contribution in [1.29, 1.82) is 0 Å². The number of thioether (sulfide) groups is 1. The van der Waals surface area contributed by atoms with E-state index in [0.29, 0.717) is 6.04 Å². The van der Waals surface area contributed by atoms with E-state index < -0.39 is 0 Å². The largest absolute Gasteiger partial charge is 0.327 e. The summed E-state index contributed by atoms with van der Waals surface area (Å²) in [5.74, 6) is 3.51. The van der Waals surface area contributed by atoms with Crippen molar-refractivity contribution in [2.45, 2.75) is 45.6 Å². The van der Waals surface area contributed by atoms with Crippen molar-refractivity contribution < 1.29 is 0 Å². The lowest BCUT2D eigenvalue weighted by Crippen LogP contribution is -2.27. The van der Waals surface area contributed by atoms with Gasteiger partial charge in [-0.05, 0) is 50.5 Å². The van der Waals surface area contributed by atoms with Crippen LogP contribution in [0.4, 0.5) is 0 Å². The Morgan fingerprint density at radius 3 is 2.65 bits per heavy atom. The predicted molar refractivity (Wildman–Crippen MR) is 77.9 cm³/mol. The molecular weight excluding hydrogens is 248 g/mol. The highest BCUT2D eigenvalue weighted by molar-refractivity contribution is 7.99. The van der Waals surface area contributed by atoms with Crippen LogP contribution in [0.25, 0.3) is 0 Å². The molecule has 1 aliphatic heterocycles. The van der Waals surface area contributed by atoms with Crippen molar-refractivity contribution in [2.75, 3.05) is 11.5 Å². The topological polar surface area (TPSA) is 38.9 Å². The van der Waals surface area contributed by atoms with E-state index in [4.69, 9.17) is 5.73 Å². The zero-order valence-electron chi connectivity index (χ0n) is 10.7. The monoisotopic (exact) mass is 270 g/mol. The van der Waals surface area contributed by atoms with Crippen LogP contribution < -0.4 is 5.73 Å². The Morgan fingerprint density at radius 1 is 1.35 bits per heavy atom. The summed E-state index contributed by atoms with van der Waals surface area (Å²) in [6.07, 6.45) is 4.85. The third-order valence-corrected chi connectivity index (χ3v) is 5.63. The first kappa shape index (κ1) is 13.4. The van der Waals surface area contributed by atoms with Crippen LogP contribution >= 0.6 is 23.1 Å². The molecule has 0 saturated carbocycles. The number of nitrogens with two attached hydrogens (primary N) is 1. The Labute approximate surface area is 112 Å². The summed E-state index contributed by atoms with van der Waals surface area (Å²) in [4.78, 5) is 5.91. The van der Waals surface area contributed by atoms with Gasteiger partial charge in [-0.2, -0.15) is 11.8 Å². The third-order valence-electron chi connectivity index (χ3n) is 3.49. The fourth-order valence-corrected chi connectivity index (χ4v) is 4.58. The zero-order chi connectivity index (χ0) is 12.3. The van der Waals surface area contributed by atoms with Crippen molar-refractivity contribution in [2.24, 2.45) is 11.7 Å². The van der Waals surface area contributed by atoms with E-state index >= 15 is 0 Å². The summed E-state index contributed by atoms with van der Waals surface area (Å²) in [6, 6.07) is 0.299. The van der Waals surface area contributed by atoms with Crippen LogP contribution in [-0.2, 0) is 6.42 Å². The van der Waals surface area contributed by atoms with Gasteiger partial charge in [-0.1, -0.05) is 0 Å². The summed E-state index contributed by atoms with van der Waals surface area (Å²) in [5.41, 5.74) is 7.43. The molecule has 1 unspecified atom stereocenters. The number of aryl methyl sites for hydroxylation is 2. The van der Waals surface area contributed by atoms with E-state index in [1.54, 1.807) is 0 Å². The van der Waals surface area contributed by atoms with Crippen molar-refractivity contribution in [3.63, 3.8) is 0 Å². The maximum atomic E-state index is 6.26. The second-order valence-corrected chi connectivity index (χ2v) is 7.52. The predicted octanol–water partition coefficient (Wildman–Crippen LogP) is 3.16. The number of hydrogen-bond donors (Lipinski definition) is 1. The van der Waals surface area contributed by atoms with Gasteiger partial charge in [0.2, 0.25) is 0 Å². The second kappa shape index (κ2) is 6.21. The van der Waals surface area contributed by atoms with Crippen LogP contribution in [0.15, 0.2) is 0 Å². The number of rotatable bonds is 4. The molecule has 0 aromatic carbocycles. The van der Waals surface area contributed by atoms with Gasteiger partial charge in [0.25, 0.3) is 0 Å². The molecule has 2 rings (SSSR count). The molecule has 0 amide bonds. The van der Waals surface area contributed by atoms with Gasteiger partial charge in [0.15, 0.2) is 0 Å². The normalized spacial score (nSPS) is 19.5. The average Bonchev–Trinajstić information content (AvgIpc) is 2.59. The zero-order valence-corrected chi connectivity index (χ0v) is 12.4. The molecule has 1 saturated heterocycles. The van der Waals surface area contributed by atoms with E-state index in [2.05, 4.69) is 30.6 Å². The summed E-state index contributed by atoms with van der Waals surface area (Å²) < 4.78 is 0. The fraction of sp³-hybridized carbons (Fsp3) is 0.769. The smallest absolute Gasteiger partial charge is 0.0946 e. The molecule has 2 N–H and O–H groups in total. The van der Waals surface area contributed by atoms with Gasteiger partial charge in [-0.25, -0.2) is 4.98 Å². The lowest BCUT2D eigenvalue weighted by atomic mass is 9.93. The average molecular weight is 270 g/mol. The van der Waals surface area contributed by atoms with Crippen LogP contribution in [0.5, 0.6) is 0 Å². The molecule has 1 atom stereocenters. The summed E-state index contributed by atoms with van der Waals surface area (Å²) in [5, 5.41) is 1.22. The quantitative estimate of drug-likeness (QED) is 0.913. The van der Waals surface area contributed by atoms with Crippen molar-refractivity contribution in [3.8, 4) is 0 Å². The Hall–Kier alpha value is -0.0600. The van der Waals surface area contributed by atoms with Crippen LogP contribution in [0, 0.1) is 19.8 Å². The summed E-state index contributed by atoms with van der Waals surface area (Å²) >= 11 is 3.89. The van der Waals surface area contributed by atoms with Crippen LogP contribution in [-0.4, -0.2) is 22.5 Å². The van der Waals surface area contributed by atoms with Gasteiger partial charge in [-0.3, -0.25) is 0 Å². The van der Waals surface area contributed by atoms with Crippen LogP contribution in [0.1, 0.15) is 34.8 Å². The molecule has 0 spiro atoms. The molecule has 1 aliphatic rings. The Bertz CT molecular complexity index is 337. The Morgan fingerprint density at radius 2 is 2.06 bits per heavy atom.